The number of hydrogen-bond donors (Lipinski definition) is 0. The Morgan fingerprint density at radius 2 is 2.45 bits per heavy atom. The van der Waals surface area contributed by atoms with Gasteiger partial charge in [0.2, 0.25) is 0 Å². The Bertz CT molecular complexity index is 277. The number of carbonyl (C=O) groups excluding carboxylic acids is 1. The second kappa shape index (κ2) is 3.39. The minimum Gasteiger partial charge on any atom is -0.447 e. The third-order valence-corrected chi connectivity index (χ3v) is 1.31. The second-order valence-corrected chi connectivity index (χ2v) is 2.13. The molecule has 1 heterocycles. The summed E-state index contributed by atoms with van der Waals surface area (Å²) < 4.78 is 4.38. The molecule has 1 aromatic heterocycles. The summed E-state index contributed by atoms with van der Waals surface area (Å²) in [5, 5.41) is 0. The van der Waals surface area contributed by atoms with Gasteiger partial charge in [-0.2, -0.15) is 0 Å². The standard InChI is InChI=1S/C6H7N2O2P/c1-4-7-3-2-5(8-4)6(9)10-11/h2-3H,11H2,1H3. The first-order valence-electron chi connectivity index (χ1n) is 2.94. The third kappa shape index (κ3) is 1.95. The Morgan fingerprint density at radius 1 is 1.73 bits per heavy atom. The first-order chi connectivity index (χ1) is 5.24. The van der Waals surface area contributed by atoms with E-state index in [1.807, 2.05) is 9.47 Å². The van der Waals surface area contributed by atoms with Crippen molar-refractivity contribution < 1.29 is 9.32 Å². The SMILES string of the molecule is Cc1nccc(C(=O)OP)n1. The molecule has 11 heavy (non-hydrogen) atoms. The van der Waals surface area contributed by atoms with Crippen molar-refractivity contribution in [1.29, 1.82) is 0 Å². The molecule has 0 aromatic carbocycles. The normalized spacial score (nSPS) is 9.27. The zero-order chi connectivity index (χ0) is 8.27. The minimum atomic E-state index is -0.472. The van der Waals surface area contributed by atoms with E-state index in [0.29, 0.717) is 5.82 Å². The molecule has 0 aliphatic heterocycles. The highest BCUT2D eigenvalue weighted by Gasteiger charge is 2.05. The fraction of sp³-hybridized carbons (Fsp3) is 0.167. The lowest BCUT2D eigenvalue weighted by Crippen LogP contribution is -2.02. The smallest absolute Gasteiger partial charge is 0.359 e. The van der Waals surface area contributed by atoms with Gasteiger partial charge in [-0.3, -0.25) is 0 Å². The fourth-order valence-electron chi connectivity index (χ4n) is 0.630. The largest absolute Gasteiger partial charge is 0.447 e. The van der Waals surface area contributed by atoms with Crippen LogP contribution in [0, 0.1) is 6.92 Å². The summed E-state index contributed by atoms with van der Waals surface area (Å²) in [6, 6.07) is 1.50. The van der Waals surface area contributed by atoms with Crippen LogP contribution < -0.4 is 0 Å². The van der Waals surface area contributed by atoms with Gasteiger partial charge in [0.15, 0.2) is 5.69 Å². The van der Waals surface area contributed by atoms with Crippen LogP contribution in [0.3, 0.4) is 0 Å². The van der Waals surface area contributed by atoms with Crippen molar-refractivity contribution in [3.05, 3.63) is 23.8 Å². The first kappa shape index (κ1) is 8.08. The molecule has 0 aliphatic rings. The monoisotopic (exact) mass is 170 g/mol. The number of rotatable bonds is 1. The molecule has 4 nitrogen and oxygen atoms in total. The Balaban J connectivity index is 2.96. The first-order valence-corrected chi connectivity index (χ1v) is 3.42. The van der Waals surface area contributed by atoms with Gasteiger partial charge >= 0.3 is 5.97 Å². The second-order valence-electron chi connectivity index (χ2n) is 1.89. The van der Waals surface area contributed by atoms with Crippen LogP contribution >= 0.6 is 9.47 Å². The Kier molecular flexibility index (Phi) is 2.49. The molecule has 0 N–H and O–H groups in total. The van der Waals surface area contributed by atoms with Crippen molar-refractivity contribution in [2.75, 3.05) is 0 Å². The number of carbonyl (C=O) groups is 1. The average molecular weight is 170 g/mol. The summed E-state index contributed by atoms with van der Waals surface area (Å²) in [4.78, 5) is 18.5. The quantitative estimate of drug-likeness (QED) is 0.583. The molecule has 0 spiro atoms. The summed E-state index contributed by atoms with van der Waals surface area (Å²) in [7, 11) is 1.87. The van der Waals surface area contributed by atoms with E-state index >= 15 is 0 Å². The maximum Gasteiger partial charge on any atom is 0.359 e. The predicted molar refractivity (Wildman–Crippen MR) is 41.9 cm³/mol. The van der Waals surface area contributed by atoms with Gasteiger partial charge in [-0.15, -0.1) is 0 Å². The van der Waals surface area contributed by atoms with E-state index in [4.69, 9.17) is 0 Å². The molecule has 58 valence electrons. The zero-order valence-electron chi connectivity index (χ0n) is 5.94. The van der Waals surface area contributed by atoms with Crippen LogP contribution in [0.4, 0.5) is 0 Å². The molecular weight excluding hydrogens is 163 g/mol. The van der Waals surface area contributed by atoms with Crippen molar-refractivity contribution in [1.82, 2.24) is 9.97 Å². The van der Waals surface area contributed by atoms with Gasteiger partial charge in [-0.25, -0.2) is 14.8 Å². The van der Waals surface area contributed by atoms with E-state index in [2.05, 4.69) is 14.5 Å². The van der Waals surface area contributed by atoms with Crippen molar-refractivity contribution in [2.45, 2.75) is 6.92 Å². The van der Waals surface area contributed by atoms with Crippen molar-refractivity contribution >= 4 is 15.4 Å². The van der Waals surface area contributed by atoms with Crippen LogP contribution in [0.5, 0.6) is 0 Å². The van der Waals surface area contributed by atoms with Crippen LogP contribution in [0.25, 0.3) is 0 Å². The summed E-state index contributed by atoms with van der Waals surface area (Å²) in [6.45, 7) is 1.71. The van der Waals surface area contributed by atoms with E-state index < -0.39 is 5.97 Å². The molecule has 0 radical (unpaired) electrons. The lowest BCUT2D eigenvalue weighted by atomic mass is 10.4. The molecule has 0 saturated carbocycles. The van der Waals surface area contributed by atoms with Crippen LogP contribution in [0.1, 0.15) is 16.3 Å². The lowest BCUT2D eigenvalue weighted by molar-refractivity contribution is 0.0759. The Hall–Kier alpha value is -1.02. The zero-order valence-corrected chi connectivity index (χ0v) is 7.10. The van der Waals surface area contributed by atoms with Gasteiger partial charge in [-0.05, 0) is 13.0 Å². The molecule has 0 saturated heterocycles. The highest BCUT2D eigenvalue weighted by molar-refractivity contribution is 7.10. The summed E-state index contributed by atoms with van der Waals surface area (Å²) >= 11 is 0. The van der Waals surface area contributed by atoms with Crippen LogP contribution in [0.15, 0.2) is 12.3 Å². The average Bonchev–Trinajstić information content (AvgIpc) is 2.03. The van der Waals surface area contributed by atoms with Crippen LogP contribution in [-0.2, 0) is 4.52 Å². The lowest BCUT2D eigenvalue weighted by Gasteiger charge is -1.96. The minimum absolute atomic E-state index is 0.271. The Labute approximate surface area is 66.3 Å². The van der Waals surface area contributed by atoms with E-state index in [9.17, 15) is 4.79 Å². The number of aromatic nitrogens is 2. The van der Waals surface area contributed by atoms with Crippen molar-refractivity contribution in [3.63, 3.8) is 0 Å². The van der Waals surface area contributed by atoms with Crippen LogP contribution in [-0.4, -0.2) is 15.9 Å². The molecule has 0 amide bonds. The van der Waals surface area contributed by atoms with E-state index in [1.165, 1.54) is 12.3 Å². The molecule has 0 fully saturated rings. The van der Waals surface area contributed by atoms with E-state index in [-0.39, 0.29) is 5.69 Å². The van der Waals surface area contributed by atoms with Gasteiger partial charge in [-0.1, -0.05) is 0 Å². The number of hydrogen-bond acceptors (Lipinski definition) is 4. The predicted octanol–water partition coefficient (Wildman–Crippen LogP) is 0.732. The summed E-state index contributed by atoms with van der Waals surface area (Å²) in [5.74, 6) is 0.0819. The molecule has 0 bridgehead atoms. The molecular formula is C6H7N2O2P. The molecule has 1 atom stereocenters. The molecule has 1 rings (SSSR count). The number of aryl methyl sites for hydroxylation is 1. The van der Waals surface area contributed by atoms with Gasteiger partial charge < -0.3 is 4.52 Å². The van der Waals surface area contributed by atoms with E-state index in [1.54, 1.807) is 6.92 Å². The summed E-state index contributed by atoms with van der Waals surface area (Å²) in [6.07, 6.45) is 1.51. The van der Waals surface area contributed by atoms with E-state index in [0.717, 1.165) is 0 Å². The maximum absolute atomic E-state index is 10.8. The van der Waals surface area contributed by atoms with Gasteiger partial charge in [0.1, 0.15) is 5.82 Å². The highest BCUT2D eigenvalue weighted by Crippen LogP contribution is 1.99. The molecule has 0 aliphatic carbocycles. The topological polar surface area (TPSA) is 52.1 Å². The maximum atomic E-state index is 10.8. The third-order valence-electron chi connectivity index (χ3n) is 1.09. The van der Waals surface area contributed by atoms with Gasteiger partial charge in [0.25, 0.3) is 0 Å². The highest BCUT2D eigenvalue weighted by atomic mass is 31.0. The van der Waals surface area contributed by atoms with Crippen LogP contribution in [0.2, 0.25) is 0 Å². The molecule has 1 aromatic rings. The van der Waals surface area contributed by atoms with Gasteiger partial charge in [0.05, 0.1) is 9.47 Å². The summed E-state index contributed by atoms with van der Waals surface area (Å²) in [5.41, 5.74) is 0.271. The molecule has 5 heteroatoms. The Morgan fingerprint density at radius 3 is 3.00 bits per heavy atom. The fourth-order valence-corrected chi connectivity index (χ4v) is 0.751. The number of nitrogens with zero attached hydrogens (tertiary/aromatic N) is 2. The van der Waals surface area contributed by atoms with Gasteiger partial charge in [0, 0.05) is 6.20 Å². The van der Waals surface area contributed by atoms with Crippen molar-refractivity contribution in [2.24, 2.45) is 0 Å². The molecule has 1 unspecified atom stereocenters. The van der Waals surface area contributed by atoms with Crippen molar-refractivity contribution in [3.8, 4) is 0 Å².